The van der Waals surface area contributed by atoms with E-state index in [0.29, 0.717) is 17.7 Å². The number of carbonyl (C=O) groups excluding carboxylic acids is 1. The van der Waals surface area contributed by atoms with Crippen molar-refractivity contribution in [1.82, 2.24) is 29.9 Å². The van der Waals surface area contributed by atoms with Crippen molar-refractivity contribution in [3.63, 3.8) is 0 Å². The summed E-state index contributed by atoms with van der Waals surface area (Å²) in [4.78, 5) is 22.3. The van der Waals surface area contributed by atoms with Gasteiger partial charge in [-0.05, 0) is 25.5 Å². The Hall–Kier alpha value is -3.23. The summed E-state index contributed by atoms with van der Waals surface area (Å²) in [6, 6.07) is 4.56. The SMILES string of the molecule is Cc1cccc(C(=O)N2Cc3nnn(-c4ncc(F)cn4)c3C[C@@H]2C)c1F. The van der Waals surface area contributed by atoms with Crippen molar-refractivity contribution in [3.05, 3.63) is 64.7 Å². The molecule has 0 saturated carbocycles. The maximum atomic E-state index is 14.4. The second-order valence-corrected chi connectivity index (χ2v) is 6.52. The van der Waals surface area contributed by atoms with Crippen LogP contribution in [0.5, 0.6) is 0 Å². The van der Waals surface area contributed by atoms with Crippen LogP contribution in [0, 0.1) is 18.6 Å². The first kappa shape index (κ1) is 17.2. The fourth-order valence-electron chi connectivity index (χ4n) is 3.18. The molecule has 138 valence electrons. The lowest BCUT2D eigenvalue weighted by Crippen LogP contribution is -2.43. The van der Waals surface area contributed by atoms with E-state index in [1.54, 1.807) is 24.0 Å². The maximum Gasteiger partial charge on any atom is 0.257 e. The molecule has 0 spiro atoms. The molecule has 3 aromatic rings. The van der Waals surface area contributed by atoms with Gasteiger partial charge in [0.1, 0.15) is 11.5 Å². The minimum absolute atomic E-state index is 0.0413. The van der Waals surface area contributed by atoms with Gasteiger partial charge in [-0.2, -0.15) is 4.68 Å². The monoisotopic (exact) mass is 370 g/mol. The van der Waals surface area contributed by atoms with E-state index in [4.69, 9.17) is 0 Å². The third kappa shape index (κ3) is 2.94. The fourth-order valence-corrected chi connectivity index (χ4v) is 3.18. The molecule has 1 amide bonds. The normalized spacial score (nSPS) is 16.3. The molecule has 0 bridgehead atoms. The lowest BCUT2D eigenvalue weighted by molar-refractivity contribution is 0.0648. The van der Waals surface area contributed by atoms with E-state index in [1.165, 1.54) is 10.7 Å². The van der Waals surface area contributed by atoms with Gasteiger partial charge in [0.15, 0.2) is 5.82 Å². The number of carbonyl (C=O) groups is 1. The van der Waals surface area contributed by atoms with Gasteiger partial charge in [-0.1, -0.05) is 17.3 Å². The summed E-state index contributed by atoms with van der Waals surface area (Å²) < 4.78 is 28.9. The number of hydrogen-bond acceptors (Lipinski definition) is 5. The van der Waals surface area contributed by atoms with Gasteiger partial charge in [-0.25, -0.2) is 18.7 Å². The summed E-state index contributed by atoms with van der Waals surface area (Å²) in [5.41, 5.74) is 1.80. The number of aryl methyl sites for hydroxylation is 1. The molecule has 4 rings (SSSR count). The molecule has 7 nitrogen and oxygen atoms in total. The zero-order valence-electron chi connectivity index (χ0n) is 14.7. The van der Waals surface area contributed by atoms with Crippen LogP contribution in [-0.4, -0.2) is 41.8 Å². The molecule has 0 aliphatic carbocycles. The van der Waals surface area contributed by atoms with Gasteiger partial charge in [-0.15, -0.1) is 5.10 Å². The first-order chi connectivity index (χ1) is 13.0. The number of fused-ring (bicyclic) bond motifs is 1. The molecule has 0 fully saturated rings. The highest BCUT2D eigenvalue weighted by Gasteiger charge is 2.33. The predicted octanol–water partition coefficient (Wildman–Crippen LogP) is 2.23. The maximum absolute atomic E-state index is 14.4. The summed E-state index contributed by atoms with van der Waals surface area (Å²) >= 11 is 0. The molecule has 1 atom stereocenters. The summed E-state index contributed by atoms with van der Waals surface area (Å²) in [7, 11) is 0. The zero-order valence-corrected chi connectivity index (χ0v) is 14.7. The molecular weight excluding hydrogens is 354 g/mol. The summed E-state index contributed by atoms with van der Waals surface area (Å²) in [6.45, 7) is 3.69. The topological polar surface area (TPSA) is 76.8 Å². The number of hydrogen-bond donors (Lipinski definition) is 0. The van der Waals surface area contributed by atoms with E-state index in [9.17, 15) is 13.6 Å². The van der Waals surface area contributed by atoms with Crippen molar-refractivity contribution < 1.29 is 13.6 Å². The van der Waals surface area contributed by atoms with Crippen LogP contribution in [-0.2, 0) is 13.0 Å². The molecule has 0 radical (unpaired) electrons. The quantitative estimate of drug-likeness (QED) is 0.691. The van der Waals surface area contributed by atoms with Crippen molar-refractivity contribution in [2.75, 3.05) is 0 Å². The van der Waals surface area contributed by atoms with Crippen LogP contribution in [0.4, 0.5) is 8.78 Å². The van der Waals surface area contributed by atoms with E-state index >= 15 is 0 Å². The number of nitrogens with zero attached hydrogens (tertiary/aromatic N) is 6. The Kier molecular flexibility index (Phi) is 4.14. The number of aromatic nitrogens is 5. The third-order valence-corrected chi connectivity index (χ3v) is 4.66. The second kappa shape index (κ2) is 6.49. The fraction of sp³-hybridized carbons (Fsp3) is 0.278. The van der Waals surface area contributed by atoms with Crippen LogP contribution in [0.1, 0.15) is 34.2 Å². The smallest absolute Gasteiger partial charge is 0.257 e. The largest absolute Gasteiger partial charge is 0.329 e. The van der Waals surface area contributed by atoms with Crippen molar-refractivity contribution in [3.8, 4) is 5.95 Å². The van der Waals surface area contributed by atoms with Crippen LogP contribution in [0.3, 0.4) is 0 Å². The minimum atomic E-state index is -0.543. The summed E-state index contributed by atoms with van der Waals surface area (Å²) in [5, 5.41) is 8.15. The minimum Gasteiger partial charge on any atom is -0.329 e. The number of amides is 1. The van der Waals surface area contributed by atoms with Crippen molar-refractivity contribution in [2.24, 2.45) is 0 Å². The molecule has 27 heavy (non-hydrogen) atoms. The Balaban J connectivity index is 1.65. The van der Waals surface area contributed by atoms with E-state index < -0.39 is 11.6 Å². The molecule has 1 aromatic carbocycles. The average Bonchev–Trinajstić information content (AvgIpc) is 3.06. The standard InChI is InChI=1S/C18H16F2N6O/c1-10-4-3-5-13(16(10)20)17(27)25-9-14-15(6-11(25)2)26(24-23-14)18-21-7-12(19)8-22-18/h3-5,7-8,11H,6,9H2,1-2H3/t11-/m0/s1. The average molecular weight is 370 g/mol. The molecule has 9 heteroatoms. The molecule has 0 saturated heterocycles. The van der Waals surface area contributed by atoms with Crippen LogP contribution in [0.15, 0.2) is 30.6 Å². The Labute approximate surface area is 153 Å². The number of benzene rings is 1. The van der Waals surface area contributed by atoms with E-state index in [-0.39, 0.29) is 30.0 Å². The molecule has 1 aliphatic rings. The van der Waals surface area contributed by atoms with E-state index in [0.717, 1.165) is 18.1 Å². The molecule has 1 aliphatic heterocycles. The Morgan fingerprint density at radius 3 is 2.70 bits per heavy atom. The number of rotatable bonds is 2. The zero-order chi connectivity index (χ0) is 19.1. The van der Waals surface area contributed by atoms with Gasteiger partial charge in [0.05, 0.1) is 30.2 Å². The van der Waals surface area contributed by atoms with E-state index in [2.05, 4.69) is 20.3 Å². The van der Waals surface area contributed by atoms with Crippen molar-refractivity contribution >= 4 is 5.91 Å². The highest BCUT2D eigenvalue weighted by atomic mass is 19.1. The first-order valence-electron chi connectivity index (χ1n) is 8.43. The lowest BCUT2D eigenvalue weighted by Gasteiger charge is -2.33. The van der Waals surface area contributed by atoms with Crippen LogP contribution in [0.25, 0.3) is 5.95 Å². The van der Waals surface area contributed by atoms with Crippen molar-refractivity contribution in [1.29, 1.82) is 0 Å². The van der Waals surface area contributed by atoms with Gasteiger partial charge in [0.25, 0.3) is 11.9 Å². The Morgan fingerprint density at radius 2 is 1.96 bits per heavy atom. The third-order valence-electron chi connectivity index (χ3n) is 4.66. The Bertz CT molecular complexity index is 1020. The van der Waals surface area contributed by atoms with Gasteiger partial charge in [0.2, 0.25) is 0 Å². The summed E-state index contributed by atoms with van der Waals surface area (Å²) in [6.07, 6.45) is 2.56. The highest BCUT2D eigenvalue weighted by molar-refractivity contribution is 5.95. The second-order valence-electron chi connectivity index (χ2n) is 6.52. The van der Waals surface area contributed by atoms with Gasteiger partial charge >= 0.3 is 0 Å². The molecular formula is C18H16F2N6O. The molecule has 0 unspecified atom stereocenters. The predicted molar refractivity (Wildman–Crippen MR) is 91.1 cm³/mol. The lowest BCUT2D eigenvalue weighted by atomic mass is 10.0. The van der Waals surface area contributed by atoms with E-state index in [1.807, 2.05) is 6.92 Å². The van der Waals surface area contributed by atoms with Gasteiger partial charge in [-0.3, -0.25) is 4.79 Å². The summed E-state index contributed by atoms with van der Waals surface area (Å²) in [5.74, 6) is -1.23. The molecule has 2 aromatic heterocycles. The van der Waals surface area contributed by atoms with Gasteiger partial charge < -0.3 is 4.90 Å². The van der Waals surface area contributed by atoms with Crippen LogP contribution >= 0.6 is 0 Å². The first-order valence-corrected chi connectivity index (χ1v) is 8.43. The molecule has 3 heterocycles. The Morgan fingerprint density at radius 1 is 1.22 bits per heavy atom. The van der Waals surface area contributed by atoms with Crippen LogP contribution < -0.4 is 0 Å². The van der Waals surface area contributed by atoms with Crippen LogP contribution in [0.2, 0.25) is 0 Å². The van der Waals surface area contributed by atoms with Gasteiger partial charge in [0, 0.05) is 12.5 Å². The molecule has 0 N–H and O–H groups in total. The number of halogens is 2. The highest BCUT2D eigenvalue weighted by Crippen LogP contribution is 2.25. The van der Waals surface area contributed by atoms with Crippen molar-refractivity contribution in [2.45, 2.75) is 32.9 Å².